The third kappa shape index (κ3) is 6.63. The van der Waals surface area contributed by atoms with E-state index < -0.39 is 40.4 Å². The number of esters is 1. The fourth-order valence-corrected chi connectivity index (χ4v) is 2.56. The number of hydrogen-bond donors (Lipinski definition) is 2. The molecule has 1 aromatic carbocycles. The van der Waals surface area contributed by atoms with Crippen LogP contribution in [0.15, 0.2) is 29.2 Å². The molecule has 1 amide bonds. The number of nitrogens with one attached hydrogen (secondary N) is 2. The first-order chi connectivity index (χ1) is 11.1. The van der Waals surface area contributed by atoms with Crippen molar-refractivity contribution in [2.24, 2.45) is 5.92 Å². The molecule has 2 N–H and O–H groups in total. The van der Waals surface area contributed by atoms with E-state index in [0.717, 1.165) is 24.3 Å². The lowest BCUT2D eigenvalue weighted by molar-refractivity contribution is -0.153. The van der Waals surface area contributed by atoms with E-state index in [-0.39, 0.29) is 10.8 Å². The number of halogens is 1. The second kappa shape index (κ2) is 8.74. The molecule has 0 fully saturated rings. The van der Waals surface area contributed by atoms with Gasteiger partial charge in [0, 0.05) is 6.54 Å². The Hall–Kier alpha value is -2.00. The van der Waals surface area contributed by atoms with E-state index in [2.05, 4.69) is 5.32 Å². The van der Waals surface area contributed by atoms with Crippen molar-refractivity contribution in [3.63, 3.8) is 0 Å². The predicted molar refractivity (Wildman–Crippen MR) is 85.0 cm³/mol. The van der Waals surface area contributed by atoms with Crippen molar-refractivity contribution in [2.75, 3.05) is 13.1 Å². The number of rotatable bonds is 8. The van der Waals surface area contributed by atoms with Crippen LogP contribution in [0.1, 0.15) is 20.8 Å². The van der Waals surface area contributed by atoms with Crippen molar-refractivity contribution in [2.45, 2.75) is 31.8 Å². The fraction of sp³-hybridized carbons (Fsp3) is 0.467. The first-order valence-corrected chi connectivity index (χ1v) is 8.82. The zero-order valence-electron chi connectivity index (χ0n) is 13.7. The number of ether oxygens (including phenoxy) is 1. The highest BCUT2D eigenvalue weighted by atomic mass is 32.2. The lowest BCUT2D eigenvalue weighted by atomic mass is 10.2. The van der Waals surface area contributed by atoms with Gasteiger partial charge in [0.15, 0.2) is 6.10 Å². The van der Waals surface area contributed by atoms with Crippen LogP contribution in [-0.4, -0.2) is 39.5 Å². The van der Waals surface area contributed by atoms with Gasteiger partial charge in [-0.1, -0.05) is 13.8 Å². The van der Waals surface area contributed by atoms with Crippen LogP contribution in [0.5, 0.6) is 0 Å². The van der Waals surface area contributed by atoms with Gasteiger partial charge in [-0.15, -0.1) is 0 Å². The molecule has 1 atom stereocenters. The summed E-state index contributed by atoms with van der Waals surface area (Å²) in [5, 5.41) is 2.60. The summed E-state index contributed by atoms with van der Waals surface area (Å²) in [7, 11) is -3.97. The molecule has 0 spiro atoms. The maximum atomic E-state index is 12.8. The Morgan fingerprint density at radius 1 is 1.17 bits per heavy atom. The topological polar surface area (TPSA) is 102 Å². The number of amides is 1. The lowest BCUT2D eigenvalue weighted by Crippen LogP contribution is -2.39. The molecule has 0 saturated heterocycles. The van der Waals surface area contributed by atoms with Crippen LogP contribution >= 0.6 is 0 Å². The van der Waals surface area contributed by atoms with Crippen LogP contribution in [-0.2, 0) is 24.3 Å². The summed E-state index contributed by atoms with van der Waals surface area (Å²) in [6.07, 6.45) is -1.04. The predicted octanol–water partition coefficient (Wildman–Crippen LogP) is 0.808. The molecule has 0 saturated carbocycles. The van der Waals surface area contributed by atoms with Gasteiger partial charge >= 0.3 is 5.97 Å². The first-order valence-electron chi connectivity index (χ1n) is 7.34. The van der Waals surface area contributed by atoms with Crippen molar-refractivity contribution in [3.05, 3.63) is 30.1 Å². The summed E-state index contributed by atoms with van der Waals surface area (Å²) in [5.74, 6) is -1.68. The second-order valence-electron chi connectivity index (χ2n) is 5.55. The van der Waals surface area contributed by atoms with Crippen molar-refractivity contribution in [1.82, 2.24) is 10.0 Å². The fourth-order valence-electron chi connectivity index (χ4n) is 1.59. The van der Waals surface area contributed by atoms with Crippen LogP contribution in [0.25, 0.3) is 0 Å². The molecule has 7 nitrogen and oxygen atoms in total. The molecular formula is C15H21FN2O5S. The Balaban J connectivity index is 2.50. The Kier molecular flexibility index (Phi) is 7.30. The minimum absolute atomic E-state index is 0.181. The summed E-state index contributed by atoms with van der Waals surface area (Å²) in [5.41, 5.74) is 0. The summed E-state index contributed by atoms with van der Waals surface area (Å²) in [6, 6.07) is 4.14. The second-order valence-corrected chi connectivity index (χ2v) is 7.32. The zero-order chi connectivity index (χ0) is 18.3. The molecule has 1 rings (SSSR count). The number of sulfonamides is 1. The van der Waals surface area contributed by atoms with Gasteiger partial charge in [0.2, 0.25) is 10.0 Å². The van der Waals surface area contributed by atoms with E-state index in [9.17, 15) is 22.4 Å². The molecule has 0 aliphatic heterocycles. The highest BCUT2D eigenvalue weighted by molar-refractivity contribution is 7.89. The van der Waals surface area contributed by atoms with Gasteiger partial charge in [-0.25, -0.2) is 12.8 Å². The largest absolute Gasteiger partial charge is 0.452 e. The smallest absolute Gasteiger partial charge is 0.321 e. The number of hydrogen-bond acceptors (Lipinski definition) is 5. The highest BCUT2D eigenvalue weighted by Crippen LogP contribution is 2.09. The maximum absolute atomic E-state index is 12.8. The molecule has 0 unspecified atom stereocenters. The van der Waals surface area contributed by atoms with Gasteiger partial charge in [-0.05, 0) is 37.1 Å². The van der Waals surface area contributed by atoms with Gasteiger partial charge in [0.25, 0.3) is 5.91 Å². The Morgan fingerprint density at radius 3 is 2.29 bits per heavy atom. The van der Waals surface area contributed by atoms with Gasteiger partial charge in [-0.3, -0.25) is 9.59 Å². The van der Waals surface area contributed by atoms with Crippen LogP contribution in [0.4, 0.5) is 4.39 Å². The van der Waals surface area contributed by atoms with Gasteiger partial charge < -0.3 is 10.1 Å². The Labute approximate surface area is 140 Å². The quantitative estimate of drug-likeness (QED) is 0.668. The minimum Gasteiger partial charge on any atom is -0.452 e. The van der Waals surface area contributed by atoms with Gasteiger partial charge in [0.05, 0.1) is 4.90 Å². The van der Waals surface area contributed by atoms with Crippen molar-refractivity contribution < 1.29 is 27.1 Å². The van der Waals surface area contributed by atoms with Crippen molar-refractivity contribution in [1.29, 1.82) is 0 Å². The van der Waals surface area contributed by atoms with Gasteiger partial charge in [0.1, 0.15) is 12.4 Å². The van der Waals surface area contributed by atoms with E-state index in [1.807, 2.05) is 18.6 Å². The third-order valence-electron chi connectivity index (χ3n) is 2.89. The summed E-state index contributed by atoms with van der Waals surface area (Å²) < 4.78 is 43.5. The summed E-state index contributed by atoms with van der Waals surface area (Å²) >= 11 is 0. The number of benzene rings is 1. The number of carbonyl (C=O) groups excluding carboxylic acids is 2. The lowest BCUT2D eigenvalue weighted by Gasteiger charge is -2.14. The monoisotopic (exact) mass is 360 g/mol. The molecule has 0 aromatic heterocycles. The van der Waals surface area contributed by atoms with Crippen molar-refractivity contribution in [3.8, 4) is 0 Å². The average molecular weight is 360 g/mol. The summed E-state index contributed by atoms with van der Waals surface area (Å²) in [6.45, 7) is 5.03. The highest BCUT2D eigenvalue weighted by Gasteiger charge is 2.20. The molecular weight excluding hydrogens is 339 g/mol. The van der Waals surface area contributed by atoms with Gasteiger partial charge in [-0.2, -0.15) is 4.72 Å². The van der Waals surface area contributed by atoms with E-state index in [1.54, 1.807) is 0 Å². The molecule has 0 aliphatic carbocycles. The van der Waals surface area contributed by atoms with Crippen LogP contribution in [0.3, 0.4) is 0 Å². The van der Waals surface area contributed by atoms with Crippen LogP contribution in [0.2, 0.25) is 0 Å². The van der Waals surface area contributed by atoms with Crippen molar-refractivity contribution >= 4 is 21.9 Å². The van der Waals surface area contributed by atoms with E-state index >= 15 is 0 Å². The molecule has 134 valence electrons. The van der Waals surface area contributed by atoms with Crippen LogP contribution < -0.4 is 10.0 Å². The molecule has 0 radical (unpaired) electrons. The maximum Gasteiger partial charge on any atom is 0.321 e. The Morgan fingerprint density at radius 2 is 1.75 bits per heavy atom. The zero-order valence-corrected chi connectivity index (χ0v) is 14.5. The first kappa shape index (κ1) is 20.0. The molecule has 0 bridgehead atoms. The average Bonchev–Trinajstić information content (AvgIpc) is 2.51. The molecule has 24 heavy (non-hydrogen) atoms. The number of carbonyl (C=O) groups is 2. The Bertz CT molecular complexity index is 674. The minimum atomic E-state index is -3.97. The van der Waals surface area contributed by atoms with E-state index in [4.69, 9.17) is 4.74 Å². The standard InChI is InChI=1S/C15H21FN2O5S/c1-10(2)8-17-15(20)11(3)23-14(19)9-18-24(21,22)13-6-4-12(16)5-7-13/h4-7,10-11,18H,8-9H2,1-3H3,(H,17,20)/t11-/m1/s1. The summed E-state index contributed by atoms with van der Waals surface area (Å²) in [4.78, 5) is 23.1. The molecule has 0 aliphatic rings. The third-order valence-corrected chi connectivity index (χ3v) is 4.31. The molecule has 0 heterocycles. The SMILES string of the molecule is CC(C)CNC(=O)[C@@H](C)OC(=O)CNS(=O)(=O)c1ccc(F)cc1. The molecule has 9 heteroatoms. The van der Waals surface area contributed by atoms with Crippen LogP contribution in [0, 0.1) is 11.7 Å². The van der Waals surface area contributed by atoms with E-state index in [0.29, 0.717) is 6.54 Å². The molecule has 1 aromatic rings. The van der Waals surface area contributed by atoms with E-state index in [1.165, 1.54) is 6.92 Å². The normalized spacial score (nSPS) is 12.7.